The fraction of sp³-hybridized carbons (Fsp3) is 1.00. The van der Waals surface area contributed by atoms with Crippen molar-refractivity contribution in [1.29, 1.82) is 0 Å². The van der Waals surface area contributed by atoms with Gasteiger partial charge in [0.2, 0.25) is 0 Å². The molecule has 0 aromatic carbocycles. The van der Waals surface area contributed by atoms with Gasteiger partial charge < -0.3 is 22.2 Å². The molecule has 1 aliphatic rings. The first-order chi connectivity index (χ1) is 5.93. The Labute approximate surface area is 76.2 Å². The van der Waals surface area contributed by atoms with Gasteiger partial charge >= 0.3 is 7.25 Å². The van der Waals surface area contributed by atoms with Crippen molar-refractivity contribution in [3.63, 3.8) is 0 Å². The summed E-state index contributed by atoms with van der Waals surface area (Å²) in [7, 11) is -6.00. The molecule has 0 spiro atoms. The molecule has 0 aromatic rings. The summed E-state index contributed by atoms with van der Waals surface area (Å²) >= 11 is 0. The summed E-state index contributed by atoms with van der Waals surface area (Å²) in [4.78, 5) is 1.83. The van der Waals surface area contributed by atoms with E-state index in [1.807, 2.05) is 4.90 Å². The minimum atomic E-state index is -6.00. The highest BCUT2D eigenvalue weighted by atomic mass is 19.5. The molecule has 0 radical (unpaired) electrons. The summed E-state index contributed by atoms with van der Waals surface area (Å²) in [6.07, 6.45) is 4.29. The van der Waals surface area contributed by atoms with E-state index in [4.69, 9.17) is 0 Å². The highest BCUT2D eigenvalue weighted by Gasteiger charge is 2.20. The average molecular weight is 201 g/mol. The van der Waals surface area contributed by atoms with Gasteiger partial charge in [-0.3, -0.25) is 0 Å². The van der Waals surface area contributed by atoms with Crippen LogP contribution in [0.3, 0.4) is 0 Å². The van der Waals surface area contributed by atoms with Crippen molar-refractivity contribution in [2.24, 2.45) is 0 Å². The Hall–Kier alpha value is -0.255. The van der Waals surface area contributed by atoms with Gasteiger partial charge in [0.25, 0.3) is 0 Å². The summed E-state index contributed by atoms with van der Waals surface area (Å²) < 4.78 is 39.0. The summed E-state index contributed by atoms with van der Waals surface area (Å²) in [5.41, 5.74) is 0. The maximum Gasteiger partial charge on any atom is 0.673 e. The first kappa shape index (κ1) is 12.7. The quantitative estimate of drug-likeness (QED) is 0.508. The number of rotatable bonds is 2. The minimum absolute atomic E-state index is 1.36. The van der Waals surface area contributed by atoms with Gasteiger partial charge in [-0.25, -0.2) is 0 Å². The van der Waals surface area contributed by atoms with Crippen molar-refractivity contribution in [3.8, 4) is 0 Å². The largest absolute Gasteiger partial charge is 0.673 e. The van der Waals surface area contributed by atoms with Crippen LogP contribution in [-0.2, 0) is 0 Å². The molecule has 0 unspecified atom stereocenters. The molecular weight excluding hydrogens is 185 g/mol. The summed E-state index contributed by atoms with van der Waals surface area (Å²) in [6, 6.07) is 0. The van der Waals surface area contributed by atoms with E-state index in [1.54, 1.807) is 0 Å². The van der Waals surface area contributed by atoms with Gasteiger partial charge in [-0.05, 0) is 6.42 Å². The van der Waals surface area contributed by atoms with E-state index in [0.29, 0.717) is 0 Å². The molecule has 13 heavy (non-hydrogen) atoms. The van der Waals surface area contributed by atoms with Gasteiger partial charge in [0.1, 0.15) is 0 Å². The van der Waals surface area contributed by atoms with Crippen LogP contribution in [0.4, 0.5) is 17.3 Å². The van der Waals surface area contributed by atoms with E-state index in [-0.39, 0.29) is 0 Å². The lowest BCUT2D eigenvalue weighted by Crippen LogP contribution is -3.09. The Kier molecular flexibility index (Phi) is 6.11. The average Bonchev–Trinajstić information content (AvgIpc) is 2.36. The van der Waals surface area contributed by atoms with Gasteiger partial charge in [-0.2, -0.15) is 0 Å². The molecule has 0 aromatic heterocycles. The second kappa shape index (κ2) is 6.24. The molecule has 1 aliphatic heterocycles. The maximum absolute atomic E-state index is 9.75. The standard InChI is InChI=1S/C7H15N.BF4/c1-2-5-8-6-3-4-7-8;2-1(3,4)5/h2-7H2,1H3;/q;-1/p+1. The second-order valence-electron chi connectivity index (χ2n) is 3.20. The van der Waals surface area contributed by atoms with E-state index in [9.17, 15) is 17.3 Å². The van der Waals surface area contributed by atoms with Crippen molar-refractivity contribution >= 4 is 7.25 Å². The smallest absolute Gasteiger partial charge is 0.418 e. The van der Waals surface area contributed by atoms with E-state index in [2.05, 4.69) is 6.92 Å². The number of halogens is 4. The molecule has 6 heteroatoms. The van der Waals surface area contributed by atoms with Crippen molar-refractivity contribution in [3.05, 3.63) is 0 Å². The molecule has 1 fully saturated rings. The minimum Gasteiger partial charge on any atom is -0.418 e. The Morgan fingerprint density at radius 1 is 1.08 bits per heavy atom. The zero-order chi connectivity index (χ0) is 10.3. The number of hydrogen-bond acceptors (Lipinski definition) is 0. The fourth-order valence-corrected chi connectivity index (χ4v) is 1.48. The normalized spacial score (nSPS) is 18.2. The molecule has 0 bridgehead atoms. The zero-order valence-corrected chi connectivity index (χ0v) is 7.83. The van der Waals surface area contributed by atoms with Crippen molar-refractivity contribution < 1.29 is 22.2 Å². The van der Waals surface area contributed by atoms with Crippen LogP contribution in [0.2, 0.25) is 0 Å². The lowest BCUT2D eigenvalue weighted by atomic mass is 10.3. The lowest BCUT2D eigenvalue weighted by molar-refractivity contribution is -0.887. The first-order valence-electron chi connectivity index (χ1n) is 4.64. The Bertz CT molecular complexity index is 116. The zero-order valence-electron chi connectivity index (χ0n) is 7.83. The molecule has 0 aliphatic carbocycles. The molecular formula is C7H16BF4N. The highest BCUT2D eigenvalue weighted by Crippen LogP contribution is 2.06. The first-order valence-corrected chi connectivity index (χ1v) is 4.64. The molecule has 1 rings (SSSR count). The van der Waals surface area contributed by atoms with Crippen molar-refractivity contribution in [2.45, 2.75) is 26.2 Å². The molecule has 1 heterocycles. The van der Waals surface area contributed by atoms with E-state index in [0.717, 1.165) is 0 Å². The van der Waals surface area contributed by atoms with Crippen molar-refractivity contribution in [1.82, 2.24) is 0 Å². The molecule has 1 saturated heterocycles. The SMILES string of the molecule is CCC[NH+]1CCCC1.F[B-](F)(F)F. The molecule has 1 nitrogen and oxygen atoms in total. The van der Waals surface area contributed by atoms with Gasteiger partial charge in [0, 0.05) is 12.8 Å². The van der Waals surface area contributed by atoms with Crippen molar-refractivity contribution in [2.75, 3.05) is 19.6 Å². The number of likely N-dealkylation sites (tertiary alicyclic amines) is 1. The number of quaternary nitrogens is 1. The monoisotopic (exact) mass is 201 g/mol. The van der Waals surface area contributed by atoms with Gasteiger partial charge in [-0.1, -0.05) is 6.92 Å². The van der Waals surface area contributed by atoms with Crippen LogP contribution < -0.4 is 4.90 Å². The number of nitrogens with one attached hydrogen (secondary N) is 1. The fourth-order valence-electron chi connectivity index (χ4n) is 1.48. The molecule has 0 atom stereocenters. The van der Waals surface area contributed by atoms with Gasteiger partial charge in [-0.15, -0.1) is 0 Å². The topological polar surface area (TPSA) is 4.44 Å². The summed E-state index contributed by atoms with van der Waals surface area (Å²) in [6.45, 7) is 6.55. The number of hydrogen-bond donors (Lipinski definition) is 1. The van der Waals surface area contributed by atoms with E-state index in [1.165, 1.54) is 38.9 Å². The van der Waals surface area contributed by atoms with Crippen LogP contribution >= 0.6 is 0 Å². The second-order valence-corrected chi connectivity index (χ2v) is 3.20. The summed E-state index contributed by atoms with van der Waals surface area (Å²) in [5, 5.41) is 0. The predicted molar refractivity (Wildman–Crippen MR) is 45.3 cm³/mol. The predicted octanol–water partition coefficient (Wildman–Crippen LogP) is 1.38. The Morgan fingerprint density at radius 2 is 1.46 bits per heavy atom. The maximum atomic E-state index is 9.75. The van der Waals surface area contributed by atoms with Crippen LogP contribution in [-0.4, -0.2) is 26.9 Å². The van der Waals surface area contributed by atoms with Crippen LogP contribution in [0.5, 0.6) is 0 Å². The third kappa shape index (κ3) is 11.7. The molecule has 1 N–H and O–H groups in total. The van der Waals surface area contributed by atoms with E-state index < -0.39 is 7.25 Å². The third-order valence-electron chi connectivity index (χ3n) is 1.91. The molecule has 80 valence electrons. The Morgan fingerprint density at radius 3 is 1.77 bits per heavy atom. The van der Waals surface area contributed by atoms with Crippen LogP contribution in [0.25, 0.3) is 0 Å². The van der Waals surface area contributed by atoms with Gasteiger partial charge in [0.05, 0.1) is 19.6 Å². The lowest BCUT2D eigenvalue weighted by Gasteiger charge is -2.08. The Balaban J connectivity index is 0.000000252. The molecule has 0 saturated carbocycles. The van der Waals surface area contributed by atoms with Crippen LogP contribution in [0, 0.1) is 0 Å². The summed E-state index contributed by atoms with van der Waals surface area (Å²) in [5.74, 6) is 0. The van der Waals surface area contributed by atoms with Crippen LogP contribution in [0.1, 0.15) is 26.2 Å². The van der Waals surface area contributed by atoms with E-state index >= 15 is 0 Å². The third-order valence-corrected chi connectivity index (χ3v) is 1.91. The molecule has 0 amide bonds. The van der Waals surface area contributed by atoms with Gasteiger partial charge in [0.15, 0.2) is 0 Å². The van der Waals surface area contributed by atoms with Crippen LogP contribution in [0.15, 0.2) is 0 Å². The highest BCUT2D eigenvalue weighted by molar-refractivity contribution is 6.50.